The Kier molecular flexibility index (Phi) is 5.50. The zero-order valence-electron chi connectivity index (χ0n) is 15.4. The molecule has 0 spiro atoms. The van der Waals surface area contributed by atoms with Gasteiger partial charge in [0.2, 0.25) is 17.8 Å². The van der Waals surface area contributed by atoms with Crippen LogP contribution in [0, 0.1) is 0 Å². The summed E-state index contributed by atoms with van der Waals surface area (Å²) in [5.74, 6) is 2.62. The molecule has 144 valence electrons. The van der Waals surface area contributed by atoms with Gasteiger partial charge in [-0.3, -0.25) is 0 Å². The normalized spacial score (nSPS) is 17.7. The molecule has 1 aromatic carbocycles. The Hall–Kier alpha value is -2.65. The largest absolute Gasteiger partial charge is 0.497 e. The number of aromatic nitrogens is 3. The van der Waals surface area contributed by atoms with Crippen LogP contribution >= 0.6 is 0 Å². The van der Waals surface area contributed by atoms with Gasteiger partial charge >= 0.3 is 0 Å². The minimum absolute atomic E-state index is 0.515. The topological polar surface area (TPSA) is 84.9 Å². The highest BCUT2D eigenvalue weighted by molar-refractivity contribution is 5.58. The molecule has 0 bridgehead atoms. The summed E-state index contributed by atoms with van der Waals surface area (Å²) < 4.78 is 16.2. The summed E-state index contributed by atoms with van der Waals surface area (Å²) in [5.41, 5.74) is 0.862. The van der Waals surface area contributed by atoms with Crippen molar-refractivity contribution in [2.45, 2.75) is 0 Å². The van der Waals surface area contributed by atoms with Crippen molar-refractivity contribution in [1.29, 1.82) is 0 Å². The predicted molar refractivity (Wildman–Crippen MR) is 102 cm³/mol. The molecule has 2 aliphatic heterocycles. The van der Waals surface area contributed by atoms with Crippen molar-refractivity contribution < 1.29 is 14.2 Å². The second kappa shape index (κ2) is 8.36. The number of morpholine rings is 2. The van der Waals surface area contributed by atoms with Gasteiger partial charge in [0, 0.05) is 37.9 Å². The van der Waals surface area contributed by atoms with Gasteiger partial charge in [0.05, 0.1) is 33.5 Å². The van der Waals surface area contributed by atoms with Crippen LogP contribution in [0.15, 0.2) is 24.3 Å². The van der Waals surface area contributed by atoms with Crippen molar-refractivity contribution in [3.63, 3.8) is 0 Å². The molecule has 1 N–H and O–H groups in total. The second-order valence-corrected chi connectivity index (χ2v) is 6.31. The van der Waals surface area contributed by atoms with Crippen LogP contribution < -0.4 is 19.9 Å². The average molecular weight is 372 g/mol. The lowest BCUT2D eigenvalue weighted by atomic mass is 10.3. The molecular formula is C18H24N6O3. The number of hydrogen-bond donors (Lipinski definition) is 1. The van der Waals surface area contributed by atoms with Gasteiger partial charge in [0.15, 0.2) is 0 Å². The number of rotatable bonds is 5. The predicted octanol–water partition coefficient (Wildman–Crippen LogP) is 1.30. The summed E-state index contributed by atoms with van der Waals surface area (Å²) in [6, 6.07) is 7.69. The van der Waals surface area contributed by atoms with Crippen molar-refractivity contribution in [2.75, 3.05) is 74.8 Å². The number of benzene rings is 1. The van der Waals surface area contributed by atoms with Crippen molar-refractivity contribution in [1.82, 2.24) is 15.0 Å². The highest BCUT2D eigenvalue weighted by Crippen LogP contribution is 2.23. The molecule has 2 aromatic rings. The van der Waals surface area contributed by atoms with Crippen molar-refractivity contribution in [3.05, 3.63) is 24.3 Å². The van der Waals surface area contributed by atoms with Crippen LogP contribution in [0.4, 0.5) is 23.5 Å². The van der Waals surface area contributed by atoms with Gasteiger partial charge in [-0.05, 0) is 12.1 Å². The van der Waals surface area contributed by atoms with Gasteiger partial charge < -0.3 is 29.3 Å². The van der Waals surface area contributed by atoms with Crippen LogP contribution in [0.5, 0.6) is 5.75 Å². The van der Waals surface area contributed by atoms with E-state index in [1.807, 2.05) is 24.3 Å². The Morgan fingerprint density at radius 1 is 0.889 bits per heavy atom. The van der Waals surface area contributed by atoms with Gasteiger partial charge in [-0.2, -0.15) is 15.0 Å². The summed E-state index contributed by atoms with van der Waals surface area (Å²) in [7, 11) is 1.65. The molecular weight excluding hydrogens is 348 g/mol. The lowest BCUT2D eigenvalue weighted by Crippen LogP contribution is -2.40. The minimum Gasteiger partial charge on any atom is -0.497 e. The zero-order valence-corrected chi connectivity index (χ0v) is 15.4. The third kappa shape index (κ3) is 4.37. The highest BCUT2D eigenvalue weighted by atomic mass is 16.5. The fourth-order valence-corrected chi connectivity index (χ4v) is 3.05. The fraction of sp³-hybridized carbons (Fsp3) is 0.500. The van der Waals surface area contributed by atoms with Crippen LogP contribution in [-0.2, 0) is 9.47 Å². The second-order valence-electron chi connectivity index (χ2n) is 6.31. The van der Waals surface area contributed by atoms with E-state index in [9.17, 15) is 0 Å². The summed E-state index contributed by atoms with van der Waals surface area (Å²) in [4.78, 5) is 18.3. The fourth-order valence-electron chi connectivity index (χ4n) is 3.05. The van der Waals surface area contributed by atoms with Gasteiger partial charge in [-0.15, -0.1) is 0 Å². The number of nitrogens with zero attached hydrogens (tertiary/aromatic N) is 5. The van der Waals surface area contributed by atoms with Crippen molar-refractivity contribution in [3.8, 4) is 5.75 Å². The lowest BCUT2D eigenvalue weighted by Gasteiger charge is -2.30. The third-order valence-corrected chi connectivity index (χ3v) is 4.53. The maximum atomic E-state index is 5.45. The standard InChI is InChI=1S/C18H24N6O3/c1-25-15-4-2-3-14(13-15)19-16-20-17(23-5-9-26-10-6-23)22-18(21-16)24-7-11-27-12-8-24/h2-4,13H,5-12H2,1H3,(H,19,20,21,22). The van der Waals surface area contributed by atoms with Crippen LogP contribution in [0.2, 0.25) is 0 Å². The maximum absolute atomic E-state index is 5.45. The number of ether oxygens (including phenoxy) is 3. The molecule has 27 heavy (non-hydrogen) atoms. The number of methoxy groups -OCH3 is 1. The Morgan fingerprint density at radius 3 is 2.04 bits per heavy atom. The number of anilines is 4. The molecule has 2 aliphatic rings. The Bertz CT molecular complexity index is 726. The van der Waals surface area contributed by atoms with Crippen molar-refractivity contribution >= 4 is 23.5 Å². The lowest BCUT2D eigenvalue weighted by molar-refractivity contribution is 0.121. The first kappa shape index (κ1) is 17.7. The first-order valence-corrected chi connectivity index (χ1v) is 9.14. The average Bonchev–Trinajstić information content (AvgIpc) is 2.75. The molecule has 0 radical (unpaired) electrons. The van der Waals surface area contributed by atoms with E-state index in [4.69, 9.17) is 19.2 Å². The molecule has 9 nitrogen and oxygen atoms in total. The van der Waals surface area contributed by atoms with Gasteiger partial charge in [0.25, 0.3) is 0 Å². The zero-order chi connectivity index (χ0) is 18.5. The van der Waals surface area contributed by atoms with Crippen LogP contribution in [0.1, 0.15) is 0 Å². The third-order valence-electron chi connectivity index (χ3n) is 4.53. The quantitative estimate of drug-likeness (QED) is 0.834. The summed E-state index contributed by atoms with van der Waals surface area (Å²) >= 11 is 0. The summed E-state index contributed by atoms with van der Waals surface area (Å²) in [5, 5.41) is 3.28. The van der Waals surface area contributed by atoms with Gasteiger partial charge in [-0.1, -0.05) is 6.07 Å². The van der Waals surface area contributed by atoms with Gasteiger partial charge in [-0.25, -0.2) is 0 Å². The molecule has 0 atom stereocenters. The van der Waals surface area contributed by atoms with E-state index in [1.165, 1.54) is 0 Å². The Balaban J connectivity index is 1.63. The first-order chi connectivity index (χ1) is 13.3. The van der Waals surface area contributed by atoms with E-state index in [0.29, 0.717) is 44.3 Å². The van der Waals surface area contributed by atoms with E-state index in [2.05, 4.69) is 25.1 Å². The highest BCUT2D eigenvalue weighted by Gasteiger charge is 2.20. The molecule has 0 amide bonds. The van der Waals surface area contributed by atoms with E-state index >= 15 is 0 Å². The molecule has 0 unspecified atom stereocenters. The molecule has 0 aliphatic carbocycles. The van der Waals surface area contributed by atoms with Crippen LogP contribution in [0.25, 0.3) is 0 Å². The molecule has 1 aromatic heterocycles. The van der Waals surface area contributed by atoms with E-state index in [0.717, 1.165) is 37.6 Å². The SMILES string of the molecule is COc1cccc(Nc2nc(N3CCOCC3)nc(N3CCOCC3)n2)c1. The monoisotopic (exact) mass is 372 g/mol. The van der Waals surface area contributed by atoms with Crippen LogP contribution in [0.3, 0.4) is 0 Å². The smallest absolute Gasteiger partial charge is 0.233 e. The van der Waals surface area contributed by atoms with Crippen molar-refractivity contribution in [2.24, 2.45) is 0 Å². The molecule has 9 heteroatoms. The van der Waals surface area contributed by atoms with E-state index in [1.54, 1.807) is 7.11 Å². The van der Waals surface area contributed by atoms with E-state index < -0.39 is 0 Å². The number of nitrogens with one attached hydrogen (secondary N) is 1. The minimum atomic E-state index is 0.515. The first-order valence-electron chi connectivity index (χ1n) is 9.14. The van der Waals surface area contributed by atoms with Crippen LogP contribution in [-0.4, -0.2) is 74.7 Å². The molecule has 0 saturated carbocycles. The summed E-state index contributed by atoms with van der Waals surface area (Å²) in [6.07, 6.45) is 0. The number of hydrogen-bond acceptors (Lipinski definition) is 9. The molecule has 3 heterocycles. The van der Waals surface area contributed by atoms with Gasteiger partial charge in [0.1, 0.15) is 5.75 Å². The maximum Gasteiger partial charge on any atom is 0.233 e. The van der Waals surface area contributed by atoms with E-state index in [-0.39, 0.29) is 0 Å². The summed E-state index contributed by atoms with van der Waals surface area (Å²) in [6.45, 7) is 5.79. The Morgan fingerprint density at radius 2 is 1.48 bits per heavy atom. The Labute approximate surface area is 158 Å². The molecule has 2 saturated heterocycles. The molecule has 4 rings (SSSR count). The molecule has 2 fully saturated rings.